The molecule has 30 heavy (non-hydrogen) atoms. The molecule has 0 saturated carbocycles. The van der Waals surface area contributed by atoms with Gasteiger partial charge in [-0.25, -0.2) is 4.98 Å². The van der Waals surface area contributed by atoms with Gasteiger partial charge in [0.2, 0.25) is 5.91 Å². The zero-order chi connectivity index (χ0) is 21.9. The molecule has 0 radical (unpaired) electrons. The third-order valence-electron chi connectivity index (χ3n) is 3.61. The number of aromatic nitrogens is 1. The van der Waals surface area contributed by atoms with Crippen molar-refractivity contribution in [3.8, 4) is 0 Å². The van der Waals surface area contributed by atoms with E-state index in [0.29, 0.717) is 16.7 Å². The summed E-state index contributed by atoms with van der Waals surface area (Å²) in [4.78, 5) is 52.6. The Balaban J connectivity index is 1.66. The van der Waals surface area contributed by atoms with Crippen LogP contribution in [0.5, 0.6) is 0 Å². The maximum Gasteiger partial charge on any atom is 0.418 e. The molecule has 1 aromatic heterocycles. The summed E-state index contributed by atoms with van der Waals surface area (Å²) in [6.45, 7) is -0.803. The number of nitrogens with zero attached hydrogens (tertiary/aromatic N) is 2. The number of anilines is 2. The molecule has 0 spiro atoms. The number of thiazole rings is 1. The Bertz CT molecular complexity index is 1040. The molecule has 1 aliphatic heterocycles. The number of halogens is 3. The molecule has 1 aromatic carbocycles. The van der Waals surface area contributed by atoms with E-state index in [-0.39, 0.29) is 10.0 Å². The molecule has 0 unspecified atom stereocenters. The first-order valence-corrected chi connectivity index (χ1v) is 9.76. The summed E-state index contributed by atoms with van der Waals surface area (Å²) >= 11 is 1.59. The number of rotatable bonds is 5. The number of benzene rings is 1. The van der Waals surface area contributed by atoms with Crippen molar-refractivity contribution in [3.05, 3.63) is 52.4 Å². The molecule has 2 N–H and O–H groups in total. The Morgan fingerprint density at radius 3 is 2.57 bits per heavy atom. The summed E-state index contributed by atoms with van der Waals surface area (Å²) < 4.78 is 39.0. The highest BCUT2D eigenvalue weighted by atomic mass is 32.2. The molecular formula is C17H11F3N4O4S2. The summed E-state index contributed by atoms with van der Waals surface area (Å²) in [5.74, 6) is -2.60. The van der Waals surface area contributed by atoms with Gasteiger partial charge < -0.3 is 5.32 Å². The van der Waals surface area contributed by atoms with Crippen LogP contribution in [0.1, 0.15) is 5.56 Å². The Labute approximate surface area is 175 Å². The van der Waals surface area contributed by atoms with Gasteiger partial charge in [-0.2, -0.15) is 13.2 Å². The summed E-state index contributed by atoms with van der Waals surface area (Å²) in [5.41, 5.74) is -1.56. The van der Waals surface area contributed by atoms with E-state index >= 15 is 0 Å². The molecule has 0 bridgehead atoms. The van der Waals surface area contributed by atoms with Crippen LogP contribution in [0.4, 0.5) is 28.8 Å². The van der Waals surface area contributed by atoms with Crippen molar-refractivity contribution in [3.63, 3.8) is 0 Å². The van der Waals surface area contributed by atoms with Crippen molar-refractivity contribution in [1.29, 1.82) is 0 Å². The highest BCUT2D eigenvalue weighted by Gasteiger charge is 2.38. The number of nitrogens with one attached hydrogen (secondary N) is 2. The minimum absolute atomic E-state index is 0.224. The number of para-hydroxylation sites is 1. The topological polar surface area (TPSA) is 108 Å². The van der Waals surface area contributed by atoms with Crippen LogP contribution < -0.4 is 10.6 Å². The molecule has 2 aromatic rings. The number of imide groups is 1. The molecule has 4 amide bonds. The van der Waals surface area contributed by atoms with Gasteiger partial charge in [0.05, 0.1) is 16.2 Å². The second-order valence-corrected chi connectivity index (χ2v) is 7.57. The molecule has 8 nitrogen and oxygen atoms in total. The Kier molecular flexibility index (Phi) is 6.22. The van der Waals surface area contributed by atoms with E-state index in [2.05, 4.69) is 15.6 Å². The average Bonchev–Trinajstić information content (AvgIpc) is 3.25. The third kappa shape index (κ3) is 5.04. The van der Waals surface area contributed by atoms with Gasteiger partial charge in [0.1, 0.15) is 6.54 Å². The fraction of sp³-hybridized carbons (Fsp3) is 0.118. The van der Waals surface area contributed by atoms with Crippen LogP contribution in [-0.2, 0) is 20.6 Å². The van der Waals surface area contributed by atoms with E-state index in [9.17, 15) is 32.3 Å². The van der Waals surface area contributed by atoms with Crippen LogP contribution in [-0.4, -0.2) is 39.4 Å². The smallest absolute Gasteiger partial charge is 0.324 e. The van der Waals surface area contributed by atoms with Gasteiger partial charge in [0.15, 0.2) is 5.13 Å². The molecule has 1 fully saturated rings. The minimum Gasteiger partial charge on any atom is -0.324 e. The number of thioether (sulfide) groups is 1. The van der Waals surface area contributed by atoms with E-state index in [1.165, 1.54) is 12.3 Å². The monoisotopic (exact) mass is 456 g/mol. The van der Waals surface area contributed by atoms with E-state index in [0.717, 1.165) is 35.6 Å². The van der Waals surface area contributed by atoms with Crippen LogP contribution >= 0.6 is 23.1 Å². The molecule has 3 rings (SSSR count). The molecule has 2 heterocycles. The van der Waals surface area contributed by atoms with Gasteiger partial charge in [-0.15, -0.1) is 11.3 Å². The Morgan fingerprint density at radius 1 is 1.17 bits per heavy atom. The van der Waals surface area contributed by atoms with Crippen LogP contribution in [0.2, 0.25) is 0 Å². The normalized spacial score (nSPS) is 15.6. The predicted octanol–water partition coefficient (Wildman–Crippen LogP) is 3.32. The van der Waals surface area contributed by atoms with Gasteiger partial charge in [-0.1, -0.05) is 12.1 Å². The van der Waals surface area contributed by atoms with Crippen LogP contribution in [0.25, 0.3) is 0 Å². The lowest BCUT2D eigenvalue weighted by atomic mass is 10.1. The molecule has 1 saturated heterocycles. The highest BCUT2D eigenvalue weighted by molar-refractivity contribution is 8.18. The third-order valence-corrected chi connectivity index (χ3v) is 5.20. The number of hydrogen-bond acceptors (Lipinski definition) is 7. The predicted molar refractivity (Wildman–Crippen MR) is 104 cm³/mol. The van der Waals surface area contributed by atoms with Crippen molar-refractivity contribution in [2.75, 3.05) is 17.2 Å². The van der Waals surface area contributed by atoms with Crippen molar-refractivity contribution in [1.82, 2.24) is 9.88 Å². The molecule has 1 aliphatic rings. The average molecular weight is 456 g/mol. The largest absolute Gasteiger partial charge is 0.418 e. The first kappa shape index (κ1) is 21.5. The zero-order valence-corrected chi connectivity index (χ0v) is 16.4. The van der Waals surface area contributed by atoms with E-state index in [1.54, 1.807) is 5.38 Å². The quantitative estimate of drug-likeness (QED) is 0.669. The summed E-state index contributed by atoms with van der Waals surface area (Å²) in [6.07, 6.45) is -2.34. The molecular weight excluding hydrogens is 445 g/mol. The molecule has 0 atom stereocenters. The number of carbonyl (C=O) groups excluding carboxylic acids is 4. The van der Waals surface area contributed by atoms with Crippen molar-refractivity contribution >= 4 is 56.9 Å². The van der Waals surface area contributed by atoms with Gasteiger partial charge in [0, 0.05) is 17.7 Å². The van der Waals surface area contributed by atoms with Crippen molar-refractivity contribution < 1.29 is 32.3 Å². The fourth-order valence-corrected chi connectivity index (χ4v) is 3.70. The Morgan fingerprint density at radius 2 is 1.90 bits per heavy atom. The van der Waals surface area contributed by atoms with E-state index < -0.39 is 46.9 Å². The van der Waals surface area contributed by atoms with Crippen LogP contribution in [0, 0.1) is 0 Å². The summed E-state index contributed by atoms with van der Waals surface area (Å²) in [6, 6.07) is 4.31. The van der Waals surface area contributed by atoms with Crippen LogP contribution in [0.15, 0.2) is 46.8 Å². The number of alkyl halides is 3. The molecule has 13 heteroatoms. The van der Waals surface area contributed by atoms with Gasteiger partial charge >= 0.3 is 6.18 Å². The summed E-state index contributed by atoms with van der Waals surface area (Å²) in [7, 11) is 0. The maximum atomic E-state index is 13.0. The standard InChI is InChI=1S/C17H11F3N4O4S2/c18-17(19,20)9-3-1-2-4-10(9)22-13(26)8-24-14(27)11(30-16(24)28)7-12(25)23-15-21-5-6-29-15/h1-7H,8H2,(H,22,26)(H,21,23,25)/b11-7-. The zero-order valence-electron chi connectivity index (χ0n) is 14.7. The number of carbonyl (C=O) groups is 4. The van der Waals surface area contributed by atoms with Gasteiger partial charge in [-0.05, 0) is 23.9 Å². The first-order chi connectivity index (χ1) is 14.1. The Hall–Kier alpha value is -3.19. The number of amides is 4. The lowest BCUT2D eigenvalue weighted by Crippen LogP contribution is -2.36. The maximum absolute atomic E-state index is 13.0. The SMILES string of the molecule is O=C(/C=C1\SC(=O)N(CC(=O)Nc2ccccc2C(F)(F)F)C1=O)Nc1nccs1. The highest BCUT2D eigenvalue weighted by Crippen LogP contribution is 2.35. The molecule has 0 aliphatic carbocycles. The van der Waals surface area contributed by atoms with Crippen molar-refractivity contribution in [2.45, 2.75) is 6.18 Å². The fourth-order valence-electron chi connectivity index (χ4n) is 2.35. The lowest BCUT2D eigenvalue weighted by molar-refractivity contribution is -0.137. The lowest BCUT2D eigenvalue weighted by Gasteiger charge is -2.15. The van der Waals surface area contributed by atoms with E-state index in [4.69, 9.17) is 0 Å². The molecule has 156 valence electrons. The second kappa shape index (κ2) is 8.67. The summed E-state index contributed by atoms with van der Waals surface area (Å²) in [5, 5.41) is 5.54. The van der Waals surface area contributed by atoms with Gasteiger partial charge in [-0.3, -0.25) is 29.4 Å². The van der Waals surface area contributed by atoms with Gasteiger partial charge in [0.25, 0.3) is 17.1 Å². The van der Waals surface area contributed by atoms with Crippen LogP contribution in [0.3, 0.4) is 0 Å². The van der Waals surface area contributed by atoms with E-state index in [1.807, 2.05) is 0 Å². The second-order valence-electron chi connectivity index (χ2n) is 5.69. The van der Waals surface area contributed by atoms with Crippen molar-refractivity contribution in [2.24, 2.45) is 0 Å². The first-order valence-electron chi connectivity index (χ1n) is 8.07. The minimum atomic E-state index is -4.69. The number of hydrogen-bond donors (Lipinski definition) is 2.